The van der Waals surface area contributed by atoms with E-state index in [1.807, 2.05) is 19.9 Å². The second-order valence-electron chi connectivity index (χ2n) is 3.23. The Morgan fingerprint density at radius 2 is 2.15 bits per heavy atom. The van der Waals surface area contributed by atoms with Crippen LogP contribution in [0.2, 0.25) is 0 Å². The van der Waals surface area contributed by atoms with Crippen LogP contribution in [0.3, 0.4) is 0 Å². The minimum absolute atomic E-state index is 0.869. The van der Waals surface area contributed by atoms with Crippen LogP contribution in [0, 0.1) is 13.8 Å². The maximum absolute atomic E-state index is 4.36. The first-order valence-electron chi connectivity index (χ1n) is 4.64. The lowest BCUT2D eigenvalue weighted by Gasteiger charge is -2.01. The van der Waals surface area contributed by atoms with E-state index in [0.717, 1.165) is 36.5 Å². The number of rotatable bonds is 4. The first-order chi connectivity index (χ1) is 6.22. The molecular formula is C11H16N2. The van der Waals surface area contributed by atoms with Crippen molar-refractivity contribution >= 4 is 0 Å². The first kappa shape index (κ1) is 9.90. The Morgan fingerprint density at radius 3 is 2.77 bits per heavy atom. The molecule has 0 radical (unpaired) electrons. The summed E-state index contributed by atoms with van der Waals surface area (Å²) >= 11 is 0. The molecule has 0 unspecified atom stereocenters. The van der Waals surface area contributed by atoms with Gasteiger partial charge in [-0.25, -0.2) is 9.97 Å². The molecule has 0 aliphatic carbocycles. The standard InChI is InChI=1S/C11H16N2/c1-4-5-6-7-11-8-9(2)12-10(3)13-11/h4,8H,1,5-7H2,2-3H3. The molecule has 0 fully saturated rings. The number of hydrogen-bond donors (Lipinski definition) is 0. The lowest BCUT2D eigenvalue weighted by atomic mass is 10.2. The highest BCUT2D eigenvalue weighted by Gasteiger charge is 1.97. The Balaban J connectivity index is 2.60. The highest BCUT2D eigenvalue weighted by atomic mass is 14.9. The van der Waals surface area contributed by atoms with Crippen LogP contribution in [-0.2, 0) is 6.42 Å². The Morgan fingerprint density at radius 1 is 1.38 bits per heavy atom. The van der Waals surface area contributed by atoms with E-state index < -0.39 is 0 Å². The maximum atomic E-state index is 4.36. The fourth-order valence-electron chi connectivity index (χ4n) is 1.35. The van der Waals surface area contributed by atoms with Crippen LogP contribution in [0.4, 0.5) is 0 Å². The molecule has 70 valence electrons. The summed E-state index contributed by atoms with van der Waals surface area (Å²) in [5.74, 6) is 0.869. The highest BCUT2D eigenvalue weighted by Crippen LogP contribution is 2.04. The Kier molecular flexibility index (Phi) is 3.62. The van der Waals surface area contributed by atoms with Gasteiger partial charge in [0, 0.05) is 11.4 Å². The van der Waals surface area contributed by atoms with Gasteiger partial charge in [0.25, 0.3) is 0 Å². The molecule has 2 heteroatoms. The summed E-state index contributed by atoms with van der Waals surface area (Å²) in [6, 6.07) is 2.05. The van der Waals surface area contributed by atoms with E-state index in [2.05, 4.69) is 22.6 Å². The predicted molar refractivity (Wildman–Crippen MR) is 54.6 cm³/mol. The first-order valence-corrected chi connectivity index (χ1v) is 4.64. The zero-order chi connectivity index (χ0) is 9.68. The van der Waals surface area contributed by atoms with Gasteiger partial charge in [0.1, 0.15) is 5.82 Å². The topological polar surface area (TPSA) is 25.8 Å². The van der Waals surface area contributed by atoms with Gasteiger partial charge in [-0.15, -0.1) is 6.58 Å². The molecule has 0 amide bonds. The van der Waals surface area contributed by atoms with Crippen molar-refractivity contribution < 1.29 is 0 Å². The van der Waals surface area contributed by atoms with Gasteiger partial charge < -0.3 is 0 Å². The third kappa shape index (κ3) is 3.36. The second kappa shape index (κ2) is 4.75. The quantitative estimate of drug-likeness (QED) is 0.520. The normalized spacial score (nSPS) is 10.0. The summed E-state index contributed by atoms with van der Waals surface area (Å²) in [4.78, 5) is 8.59. The van der Waals surface area contributed by atoms with Crippen molar-refractivity contribution in [2.24, 2.45) is 0 Å². The van der Waals surface area contributed by atoms with Gasteiger partial charge in [0.2, 0.25) is 0 Å². The third-order valence-electron chi connectivity index (χ3n) is 1.86. The van der Waals surface area contributed by atoms with Crippen LogP contribution in [0.1, 0.15) is 30.1 Å². The van der Waals surface area contributed by atoms with E-state index in [1.54, 1.807) is 0 Å². The van der Waals surface area contributed by atoms with Crippen molar-refractivity contribution in [2.45, 2.75) is 33.1 Å². The molecule has 0 spiro atoms. The second-order valence-corrected chi connectivity index (χ2v) is 3.23. The molecule has 0 saturated heterocycles. The summed E-state index contributed by atoms with van der Waals surface area (Å²) in [6.45, 7) is 7.63. The average molecular weight is 176 g/mol. The van der Waals surface area contributed by atoms with Crippen molar-refractivity contribution in [3.05, 3.63) is 35.9 Å². The molecule has 0 aromatic carbocycles. The average Bonchev–Trinajstić information content (AvgIpc) is 2.03. The number of aryl methyl sites for hydroxylation is 3. The van der Waals surface area contributed by atoms with E-state index in [0.29, 0.717) is 0 Å². The summed E-state index contributed by atoms with van der Waals surface area (Å²) in [7, 11) is 0. The van der Waals surface area contributed by atoms with Crippen LogP contribution in [0.25, 0.3) is 0 Å². The molecule has 0 aliphatic rings. The maximum Gasteiger partial charge on any atom is 0.125 e. The molecule has 1 heterocycles. The largest absolute Gasteiger partial charge is 0.239 e. The molecule has 1 rings (SSSR count). The Hall–Kier alpha value is -1.18. The molecule has 0 saturated carbocycles. The van der Waals surface area contributed by atoms with Gasteiger partial charge in [-0.1, -0.05) is 6.08 Å². The van der Waals surface area contributed by atoms with Crippen molar-refractivity contribution in [1.82, 2.24) is 9.97 Å². The number of unbranched alkanes of at least 4 members (excludes halogenated alkanes) is 1. The summed E-state index contributed by atoms with van der Waals surface area (Å²) in [6.07, 6.45) is 5.15. The summed E-state index contributed by atoms with van der Waals surface area (Å²) < 4.78 is 0. The number of nitrogens with zero attached hydrogens (tertiary/aromatic N) is 2. The predicted octanol–water partition coefficient (Wildman–Crippen LogP) is 2.60. The van der Waals surface area contributed by atoms with Crippen molar-refractivity contribution in [3.8, 4) is 0 Å². The lowest BCUT2D eigenvalue weighted by Crippen LogP contribution is -1.97. The van der Waals surface area contributed by atoms with Crippen LogP contribution in [0.5, 0.6) is 0 Å². The molecule has 0 aliphatic heterocycles. The molecule has 0 N–H and O–H groups in total. The Bertz CT molecular complexity index is 272. The van der Waals surface area contributed by atoms with E-state index in [1.165, 1.54) is 0 Å². The van der Waals surface area contributed by atoms with Gasteiger partial charge in [0.05, 0.1) is 0 Å². The fourth-order valence-corrected chi connectivity index (χ4v) is 1.35. The van der Waals surface area contributed by atoms with Crippen LogP contribution >= 0.6 is 0 Å². The van der Waals surface area contributed by atoms with Gasteiger partial charge in [-0.05, 0) is 39.2 Å². The molecule has 13 heavy (non-hydrogen) atoms. The molecule has 2 nitrogen and oxygen atoms in total. The van der Waals surface area contributed by atoms with E-state index in [4.69, 9.17) is 0 Å². The smallest absolute Gasteiger partial charge is 0.125 e. The van der Waals surface area contributed by atoms with Gasteiger partial charge in [0.15, 0.2) is 0 Å². The highest BCUT2D eigenvalue weighted by molar-refractivity contribution is 5.09. The van der Waals surface area contributed by atoms with E-state index >= 15 is 0 Å². The van der Waals surface area contributed by atoms with Gasteiger partial charge in [-0.2, -0.15) is 0 Å². The molecule has 1 aromatic rings. The van der Waals surface area contributed by atoms with Crippen molar-refractivity contribution in [1.29, 1.82) is 0 Å². The minimum atomic E-state index is 0.869. The van der Waals surface area contributed by atoms with E-state index in [-0.39, 0.29) is 0 Å². The number of allylic oxidation sites excluding steroid dienone is 1. The third-order valence-corrected chi connectivity index (χ3v) is 1.86. The molecule has 0 atom stereocenters. The van der Waals surface area contributed by atoms with Crippen molar-refractivity contribution in [3.63, 3.8) is 0 Å². The van der Waals surface area contributed by atoms with Crippen LogP contribution in [-0.4, -0.2) is 9.97 Å². The molecule has 0 bridgehead atoms. The number of aromatic nitrogens is 2. The van der Waals surface area contributed by atoms with Crippen LogP contribution in [0.15, 0.2) is 18.7 Å². The molecular weight excluding hydrogens is 160 g/mol. The van der Waals surface area contributed by atoms with Gasteiger partial charge >= 0.3 is 0 Å². The minimum Gasteiger partial charge on any atom is -0.239 e. The zero-order valence-electron chi connectivity index (χ0n) is 8.38. The SMILES string of the molecule is C=CCCCc1cc(C)nc(C)n1. The van der Waals surface area contributed by atoms with E-state index in [9.17, 15) is 0 Å². The van der Waals surface area contributed by atoms with Gasteiger partial charge in [-0.3, -0.25) is 0 Å². The molecule has 1 aromatic heterocycles. The van der Waals surface area contributed by atoms with Crippen molar-refractivity contribution in [2.75, 3.05) is 0 Å². The summed E-state index contributed by atoms with van der Waals surface area (Å²) in [5.41, 5.74) is 2.20. The lowest BCUT2D eigenvalue weighted by molar-refractivity contribution is 0.800. The summed E-state index contributed by atoms with van der Waals surface area (Å²) in [5, 5.41) is 0. The Labute approximate surface area is 79.7 Å². The number of hydrogen-bond acceptors (Lipinski definition) is 2. The van der Waals surface area contributed by atoms with Crippen LogP contribution < -0.4 is 0 Å². The fraction of sp³-hybridized carbons (Fsp3) is 0.455. The zero-order valence-corrected chi connectivity index (χ0v) is 8.38. The monoisotopic (exact) mass is 176 g/mol.